The van der Waals surface area contributed by atoms with Crippen molar-refractivity contribution in [2.24, 2.45) is 0 Å². The van der Waals surface area contributed by atoms with Crippen molar-refractivity contribution >= 4 is 40.2 Å². The van der Waals surface area contributed by atoms with Crippen LogP contribution in [0.4, 0.5) is 5.95 Å². The second kappa shape index (κ2) is 5.27. The Bertz CT molecular complexity index is 793. The topological polar surface area (TPSA) is 110 Å². The highest BCUT2D eigenvalue weighted by molar-refractivity contribution is 8.01. The van der Waals surface area contributed by atoms with E-state index in [1.807, 2.05) is 17.5 Å². The van der Waals surface area contributed by atoms with Crippen LogP contribution in [0.15, 0.2) is 31.7 Å². The fourth-order valence-corrected chi connectivity index (χ4v) is 3.58. The van der Waals surface area contributed by atoms with Crippen molar-refractivity contribution in [2.75, 3.05) is 12.3 Å². The molecular formula is C11H11N5O2S2. The molecular weight excluding hydrogens is 298 g/mol. The molecule has 0 radical (unpaired) electrons. The Balaban J connectivity index is 2.17. The molecule has 0 aromatic carbocycles. The number of aromatic amines is 1. The molecule has 9 heteroatoms. The van der Waals surface area contributed by atoms with Gasteiger partial charge in [-0.05, 0) is 23.2 Å². The van der Waals surface area contributed by atoms with Gasteiger partial charge >= 0.3 is 0 Å². The molecule has 7 nitrogen and oxygen atoms in total. The number of nitrogens with zero attached hydrogens (tertiary/aromatic N) is 3. The average Bonchev–Trinajstić information content (AvgIpc) is 3.01. The molecule has 4 N–H and O–H groups in total. The van der Waals surface area contributed by atoms with E-state index in [0.717, 1.165) is 4.21 Å². The first-order valence-electron chi connectivity index (χ1n) is 5.77. The largest absolute Gasteiger partial charge is 0.395 e. The number of imidazole rings is 1. The first-order valence-corrected chi connectivity index (χ1v) is 7.47. The molecule has 104 valence electrons. The minimum atomic E-state index is -0.378. The number of rotatable bonds is 4. The first kappa shape index (κ1) is 13.2. The van der Waals surface area contributed by atoms with Crippen LogP contribution in [0, 0.1) is 0 Å². The van der Waals surface area contributed by atoms with Gasteiger partial charge in [0.15, 0.2) is 16.3 Å². The summed E-state index contributed by atoms with van der Waals surface area (Å²) < 4.78 is 2.74. The van der Waals surface area contributed by atoms with Crippen molar-refractivity contribution < 1.29 is 5.11 Å². The van der Waals surface area contributed by atoms with E-state index < -0.39 is 0 Å². The molecule has 0 bridgehead atoms. The molecule has 3 rings (SSSR count). The summed E-state index contributed by atoms with van der Waals surface area (Å²) in [5, 5.41) is 11.8. The van der Waals surface area contributed by atoms with Gasteiger partial charge in [-0.15, -0.1) is 11.3 Å². The number of fused-ring (bicyclic) bond motifs is 1. The molecule has 0 unspecified atom stereocenters. The number of thiophene rings is 1. The number of aromatic nitrogens is 4. The van der Waals surface area contributed by atoms with Gasteiger partial charge in [0.1, 0.15) is 0 Å². The van der Waals surface area contributed by atoms with E-state index in [4.69, 9.17) is 5.73 Å². The van der Waals surface area contributed by atoms with Crippen LogP contribution in [-0.2, 0) is 6.54 Å². The van der Waals surface area contributed by atoms with Crippen LogP contribution in [0.2, 0.25) is 0 Å². The second-order valence-corrected chi connectivity index (χ2v) is 6.14. The Kier molecular flexibility index (Phi) is 3.47. The fraction of sp³-hybridized carbons (Fsp3) is 0.182. The molecule has 3 aromatic heterocycles. The smallest absolute Gasteiger partial charge is 0.280 e. The van der Waals surface area contributed by atoms with Gasteiger partial charge in [0.25, 0.3) is 5.56 Å². The summed E-state index contributed by atoms with van der Waals surface area (Å²) in [6.45, 7) is 0.234. The third-order valence-corrected chi connectivity index (χ3v) is 4.63. The Labute approximate surface area is 121 Å². The van der Waals surface area contributed by atoms with E-state index in [2.05, 4.69) is 15.0 Å². The van der Waals surface area contributed by atoms with Crippen LogP contribution in [-0.4, -0.2) is 31.2 Å². The molecule has 0 aliphatic rings. The van der Waals surface area contributed by atoms with E-state index in [9.17, 15) is 9.90 Å². The van der Waals surface area contributed by atoms with Gasteiger partial charge in [0, 0.05) is 6.54 Å². The summed E-state index contributed by atoms with van der Waals surface area (Å²) in [5.41, 5.74) is 5.80. The summed E-state index contributed by atoms with van der Waals surface area (Å²) in [7, 11) is 0. The van der Waals surface area contributed by atoms with Crippen molar-refractivity contribution in [1.82, 2.24) is 19.5 Å². The molecule has 20 heavy (non-hydrogen) atoms. The number of nitrogen functional groups attached to an aromatic ring is 1. The minimum Gasteiger partial charge on any atom is -0.395 e. The minimum absolute atomic E-state index is 0.0364. The van der Waals surface area contributed by atoms with Gasteiger partial charge < -0.3 is 15.4 Å². The van der Waals surface area contributed by atoms with Crippen LogP contribution < -0.4 is 11.3 Å². The fourth-order valence-electron chi connectivity index (χ4n) is 1.80. The summed E-state index contributed by atoms with van der Waals surface area (Å²) in [6, 6.07) is 3.90. The first-order chi connectivity index (χ1) is 9.69. The van der Waals surface area contributed by atoms with E-state index in [1.165, 1.54) is 11.8 Å². The average molecular weight is 309 g/mol. The van der Waals surface area contributed by atoms with Crippen LogP contribution in [0.5, 0.6) is 0 Å². The zero-order valence-corrected chi connectivity index (χ0v) is 11.9. The van der Waals surface area contributed by atoms with Crippen molar-refractivity contribution in [3.63, 3.8) is 0 Å². The highest BCUT2D eigenvalue weighted by Crippen LogP contribution is 2.31. The third kappa shape index (κ3) is 2.30. The van der Waals surface area contributed by atoms with Gasteiger partial charge in [0.05, 0.1) is 10.8 Å². The van der Waals surface area contributed by atoms with Crippen LogP contribution in [0.3, 0.4) is 0 Å². The zero-order chi connectivity index (χ0) is 14.1. The maximum absolute atomic E-state index is 11.9. The third-order valence-electron chi connectivity index (χ3n) is 2.60. The van der Waals surface area contributed by atoms with Crippen molar-refractivity contribution in [3.05, 3.63) is 27.9 Å². The van der Waals surface area contributed by atoms with Crippen molar-refractivity contribution in [1.29, 1.82) is 0 Å². The molecule has 0 saturated carbocycles. The highest BCUT2D eigenvalue weighted by atomic mass is 32.2. The number of hydrogen-bond acceptors (Lipinski definition) is 7. The van der Waals surface area contributed by atoms with E-state index >= 15 is 0 Å². The van der Waals surface area contributed by atoms with Crippen LogP contribution in [0.25, 0.3) is 11.2 Å². The molecule has 0 aliphatic carbocycles. The van der Waals surface area contributed by atoms with Crippen LogP contribution >= 0.6 is 23.1 Å². The van der Waals surface area contributed by atoms with Crippen molar-refractivity contribution in [3.8, 4) is 0 Å². The predicted octanol–water partition coefficient (Wildman–Crippen LogP) is 0.907. The number of hydrogen-bond donors (Lipinski definition) is 3. The van der Waals surface area contributed by atoms with Gasteiger partial charge in [-0.3, -0.25) is 9.78 Å². The molecule has 3 aromatic rings. The molecule has 0 aliphatic heterocycles. The number of anilines is 1. The van der Waals surface area contributed by atoms with Crippen molar-refractivity contribution in [2.45, 2.75) is 15.9 Å². The molecule has 0 saturated heterocycles. The highest BCUT2D eigenvalue weighted by Gasteiger charge is 2.16. The van der Waals surface area contributed by atoms with Gasteiger partial charge in [0.2, 0.25) is 5.95 Å². The molecule has 0 spiro atoms. The van der Waals surface area contributed by atoms with Gasteiger partial charge in [-0.2, -0.15) is 4.98 Å². The standard InChI is InChI=1S/C11H11N5O2S2/c12-10-14-8-7(9(18)15-10)13-11(16(8)3-4-17)20-6-2-1-5-19-6/h1-2,5,17H,3-4H2,(H3,12,14,15,18). The van der Waals surface area contributed by atoms with E-state index in [-0.39, 0.29) is 23.6 Å². The lowest BCUT2D eigenvalue weighted by Crippen LogP contribution is -2.12. The predicted molar refractivity (Wildman–Crippen MR) is 78.1 cm³/mol. The number of nitrogens with one attached hydrogen (secondary N) is 1. The lowest BCUT2D eigenvalue weighted by Gasteiger charge is -2.05. The maximum atomic E-state index is 11.9. The lowest BCUT2D eigenvalue weighted by molar-refractivity contribution is 0.273. The van der Waals surface area contributed by atoms with Gasteiger partial charge in [-0.25, -0.2) is 4.98 Å². The molecule has 0 atom stereocenters. The summed E-state index contributed by atoms with van der Waals surface area (Å²) in [4.78, 5) is 22.7. The number of aliphatic hydroxyl groups is 1. The SMILES string of the molecule is Nc1nc2c(nc(Sc3cccs3)n2CCO)c(=O)[nH]1. The number of H-pyrrole nitrogens is 1. The zero-order valence-electron chi connectivity index (χ0n) is 10.2. The molecule has 0 amide bonds. The Morgan fingerprint density at radius 1 is 1.50 bits per heavy atom. The lowest BCUT2D eigenvalue weighted by atomic mass is 10.5. The van der Waals surface area contributed by atoms with Gasteiger partial charge in [-0.1, -0.05) is 6.07 Å². The Hall–Kier alpha value is -1.84. The second-order valence-electron chi connectivity index (χ2n) is 3.93. The summed E-state index contributed by atoms with van der Waals surface area (Å²) in [6.07, 6.45) is 0. The molecule has 0 fully saturated rings. The monoisotopic (exact) mass is 309 g/mol. The van der Waals surface area contributed by atoms with Crippen LogP contribution in [0.1, 0.15) is 0 Å². The quantitative estimate of drug-likeness (QED) is 0.660. The summed E-state index contributed by atoms with van der Waals surface area (Å²) in [5.74, 6) is 0.0364. The van der Waals surface area contributed by atoms with E-state index in [1.54, 1.807) is 15.9 Å². The Morgan fingerprint density at radius 2 is 2.35 bits per heavy atom. The molecule has 3 heterocycles. The number of aliphatic hydroxyl groups excluding tert-OH is 1. The van der Waals surface area contributed by atoms with E-state index in [0.29, 0.717) is 17.3 Å². The normalized spacial score (nSPS) is 11.2. The number of nitrogens with two attached hydrogens (primary N) is 1. The maximum Gasteiger partial charge on any atom is 0.280 e. The summed E-state index contributed by atoms with van der Waals surface area (Å²) >= 11 is 3.00. The Morgan fingerprint density at radius 3 is 3.05 bits per heavy atom.